The van der Waals surface area contributed by atoms with E-state index in [4.69, 9.17) is 0 Å². The molecule has 0 nitrogen and oxygen atoms in total. The first-order valence-corrected chi connectivity index (χ1v) is 4.24. The van der Waals surface area contributed by atoms with Crippen molar-refractivity contribution in [2.75, 3.05) is 5.75 Å². The average Bonchev–Trinajstić information content (AvgIpc) is 1.97. The molecule has 1 rings (SSSR count). The van der Waals surface area contributed by atoms with E-state index in [1.54, 1.807) is 6.07 Å². The predicted octanol–water partition coefficient (Wildman–Crippen LogP) is 2.61. The lowest BCUT2D eigenvalue weighted by molar-refractivity contribution is 0.611. The summed E-state index contributed by atoms with van der Waals surface area (Å²) in [6.07, 6.45) is 0.710. The fraction of sp³-hybridized carbons (Fsp3) is 0.333. The van der Waals surface area contributed by atoms with Crippen molar-refractivity contribution in [3.05, 3.63) is 35.1 Å². The second kappa shape index (κ2) is 3.77. The molecule has 0 radical (unpaired) electrons. The molecule has 0 aliphatic heterocycles. The number of thiol groups is 1. The van der Waals surface area contributed by atoms with Gasteiger partial charge < -0.3 is 0 Å². The van der Waals surface area contributed by atoms with Gasteiger partial charge in [0.25, 0.3) is 0 Å². The van der Waals surface area contributed by atoms with Gasteiger partial charge in [-0.3, -0.25) is 0 Å². The normalized spacial score (nSPS) is 10.1. The van der Waals surface area contributed by atoms with Crippen LogP contribution in [0.25, 0.3) is 0 Å². The third kappa shape index (κ3) is 1.96. The largest absolute Gasteiger partial charge is 0.207 e. The van der Waals surface area contributed by atoms with E-state index in [1.807, 2.05) is 13.0 Å². The minimum Gasteiger partial charge on any atom is -0.207 e. The molecule has 0 saturated carbocycles. The summed E-state index contributed by atoms with van der Waals surface area (Å²) in [7, 11) is 0. The van der Waals surface area contributed by atoms with Crippen molar-refractivity contribution in [1.29, 1.82) is 0 Å². The number of hydrogen-bond acceptors (Lipinski definition) is 1. The van der Waals surface area contributed by atoms with Crippen molar-refractivity contribution in [2.24, 2.45) is 0 Å². The van der Waals surface area contributed by atoms with Crippen molar-refractivity contribution < 1.29 is 4.39 Å². The van der Waals surface area contributed by atoms with Crippen LogP contribution in [0.1, 0.15) is 11.1 Å². The molecule has 0 spiro atoms. The number of hydrogen-bond donors (Lipinski definition) is 1. The highest BCUT2D eigenvalue weighted by Gasteiger charge is 2.02. The molecule has 0 unspecified atom stereocenters. The maximum absolute atomic E-state index is 13.0. The second-order valence-electron chi connectivity index (χ2n) is 2.51. The van der Waals surface area contributed by atoms with Crippen LogP contribution in [-0.4, -0.2) is 5.75 Å². The van der Waals surface area contributed by atoms with Crippen LogP contribution in [-0.2, 0) is 6.42 Å². The predicted molar refractivity (Wildman–Crippen MR) is 48.7 cm³/mol. The molecule has 1 aromatic carbocycles. The number of aryl methyl sites for hydroxylation is 1. The average molecular weight is 170 g/mol. The molecule has 0 N–H and O–H groups in total. The molecule has 0 aliphatic carbocycles. The van der Waals surface area contributed by atoms with E-state index in [0.29, 0.717) is 12.2 Å². The van der Waals surface area contributed by atoms with Crippen LogP contribution in [0.5, 0.6) is 0 Å². The van der Waals surface area contributed by atoms with Gasteiger partial charge in [0.05, 0.1) is 0 Å². The standard InChI is InChI=1S/C9H11FS/c1-7-3-2-4-9(10)8(7)5-6-11/h2-4,11H,5-6H2,1H3. The van der Waals surface area contributed by atoms with E-state index >= 15 is 0 Å². The van der Waals surface area contributed by atoms with Gasteiger partial charge >= 0.3 is 0 Å². The topological polar surface area (TPSA) is 0 Å². The smallest absolute Gasteiger partial charge is 0.126 e. The van der Waals surface area contributed by atoms with Gasteiger partial charge in [0, 0.05) is 0 Å². The van der Waals surface area contributed by atoms with Crippen LogP contribution in [0, 0.1) is 12.7 Å². The van der Waals surface area contributed by atoms with Crippen molar-refractivity contribution >= 4 is 12.6 Å². The van der Waals surface area contributed by atoms with Gasteiger partial charge in [0.1, 0.15) is 5.82 Å². The van der Waals surface area contributed by atoms with Crippen LogP contribution >= 0.6 is 12.6 Å². The van der Waals surface area contributed by atoms with E-state index in [1.165, 1.54) is 6.07 Å². The lowest BCUT2D eigenvalue weighted by Crippen LogP contribution is -1.94. The zero-order valence-electron chi connectivity index (χ0n) is 6.47. The summed E-state index contributed by atoms with van der Waals surface area (Å²) >= 11 is 4.06. The Morgan fingerprint density at radius 2 is 2.18 bits per heavy atom. The summed E-state index contributed by atoms with van der Waals surface area (Å²) in [4.78, 5) is 0. The number of rotatable bonds is 2. The Morgan fingerprint density at radius 3 is 2.73 bits per heavy atom. The lowest BCUT2D eigenvalue weighted by atomic mass is 10.1. The van der Waals surface area contributed by atoms with Crippen molar-refractivity contribution in [3.8, 4) is 0 Å². The van der Waals surface area contributed by atoms with Crippen LogP contribution in [0.15, 0.2) is 18.2 Å². The van der Waals surface area contributed by atoms with E-state index in [-0.39, 0.29) is 5.82 Å². The highest BCUT2D eigenvalue weighted by Crippen LogP contribution is 2.13. The van der Waals surface area contributed by atoms with Gasteiger partial charge in [-0.05, 0) is 36.3 Å². The summed E-state index contributed by atoms with van der Waals surface area (Å²) in [5.74, 6) is 0.584. The molecule has 0 aromatic heterocycles. The zero-order valence-corrected chi connectivity index (χ0v) is 7.37. The molecule has 0 amide bonds. The van der Waals surface area contributed by atoms with Gasteiger partial charge in [-0.1, -0.05) is 12.1 Å². The van der Waals surface area contributed by atoms with E-state index < -0.39 is 0 Å². The first-order valence-electron chi connectivity index (χ1n) is 3.60. The van der Waals surface area contributed by atoms with Gasteiger partial charge in [-0.25, -0.2) is 4.39 Å². The highest BCUT2D eigenvalue weighted by atomic mass is 32.1. The summed E-state index contributed by atoms with van der Waals surface area (Å²) < 4.78 is 13.0. The molecule has 0 aliphatic rings. The summed E-state index contributed by atoms with van der Waals surface area (Å²) in [6.45, 7) is 1.92. The molecule has 11 heavy (non-hydrogen) atoms. The Kier molecular flexibility index (Phi) is 2.94. The molecular weight excluding hydrogens is 159 g/mol. The first-order chi connectivity index (χ1) is 5.25. The fourth-order valence-corrected chi connectivity index (χ4v) is 1.32. The molecule has 0 bridgehead atoms. The Morgan fingerprint density at radius 1 is 1.45 bits per heavy atom. The lowest BCUT2D eigenvalue weighted by Gasteiger charge is -2.03. The molecule has 0 saturated heterocycles. The minimum absolute atomic E-state index is 0.112. The van der Waals surface area contributed by atoms with Crippen molar-refractivity contribution in [2.45, 2.75) is 13.3 Å². The van der Waals surface area contributed by atoms with Crippen LogP contribution in [0.2, 0.25) is 0 Å². The molecule has 0 fully saturated rings. The molecule has 0 heterocycles. The van der Waals surface area contributed by atoms with Crippen LogP contribution in [0.4, 0.5) is 4.39 Å². The maximum atomic E-state index is 13.0. The Balaban J connectivity index is 3.00. The minimum atomic E-state index is -0.112. The van der Waals surface area contributed by atoms with Gasteiger partial charge in [0.15, 0.2) is 0 Å². The SMILES string of the molecule is Cc1cccc(F)c1CCS. The van der Waals surface area contributed by atoms with Gasteiger partial charge in [-0.2, -0.15) is 12.6 Å². The highest BCUT2D eigenvalue weighted by molar-refractivity contribution is 7.80. The van der Waals surface area contributed by atoms with E-state index in [2.05, 4.69) is 12.6 Å². The van der Waals surface area contributed by atoms with Gasteiger partial charge in [-0.15, -0.1) is 0 Å². The second-order valence-corrected chi connectivity index (χ2v) is 2.96. The van der Waals surface area contributed by atoms with Crippen molar-refractivity contribution in [1.82, 2.24) is 0 Å². The molecular formula is C9H11FS. The Hall–Kier alpha value is -0.500. The monoisotopic (exact) mass is 170 g/mol. The quantitative estimate of drug-likeness (QED) is 0.648. The molecule has 1 aromatic rings. The van der Waals surface area contributed by atoms with E-state index in [0.717, 1.165) is 11.1 Å². The fourth-order valence-electron chi connectivity index (χ4n) is 1.09. The summed E-state index contributed by atoms with van der Waals surface area (Å²) in [5, 5.41) is 0. The maximum Gasteiger partial charge on any atom is 0.126 e. The molecule has 60 valence electrons. The molecule has 2 heteroatoms. The van der Waals surface area contributed by atoms with Crippen LogP contribution in [0.3, 0.4) is 0 Å². The third-order valence-electron chi connectivity index (χ3n) is 1.71. The van der Waals surface area contributed by atoms with Gasteiger partial charge in [0.2, 0.25) is 0 Å². The zero-order chi connectivity index (χ0) is 8.27. The number of benzene rings is 1. The Bertz CT molecular complexity index is 225. The van der Waals surface area contributed by atoms with Crippen LogP contribution < -0.4 is 0 Å². The third-order valence-corrected chi connectivity index (χ3v) is 1.94. The Labute approximate surface area is 71.8 Å². The summed E-state index contributed by atoms with van der Waals surface area (Å²) in [6, 6.07) is 5.14. The summed E-state index contributed by atoms with van der Waals surface area (Å²) in [5.41, 5.74) is 1.81. The first kappa shape index (κ1) is 8.60. The van der Waals surface area contributed by atoms with E-state index in [9.17, 15) is 4.39 Å². The van der Waals surface area contributed by atoms with Crippen molar-refractivity contribution in [3.63, 3.8) is 0 Å². The number of halogens is 1. The molecule has 0 atom stereocenters.